The van der Waals surface area contributed by atoms with Gasteiger partial charge in [0.15, 0.2) is 0 Å². The van der Waals surface area contributed by atoms with E-state index in [-0.39, 0.29) is 30.2 Å². The van der Waals surface area contributed by atoms with Crippen LogP contribution in [0.5, 0.6) is 0 Å². The highest BCUT2D eigenvalue weighted by Gasteiger charge is 2.21. The zero-order valence-corrected chi connectivity index (χ0v) is 17.3. The molecular weight excluding hydrogens is 390 g/mol. The van der Waals surface area contributed by atoms with E-state index in [0.29, 0.717) is 23.6 Å². The van der Waals surface area contributed by atoms with Gasteiger partial charge in [-0.15, -0.1) is 0 Å². The van der Waals surface area contributed by atoms with Gasteiger partial charge in [-0.1, -0.05) is 55.8 Å². The number of rotatable bonds is 9. The van der Waals surface area contributed by atoms with Crippen molar-refractivity contribution in [2.45, 2.75) is 26.3 Å². The van der Waals surface area contributed by atoms with Crippen LogP contribution in [-0.4, -0.2) is 36.9 Å². The van der Waals surface area contributed by atoms with E-state index < -0.39 is 6.04 Å². The topological polar surface area (TPSA) is 87.3 Å². The second-order valence-corrected chi connectivity index (χ2v) is 7.40. The van der Waals surface area contributed by atoms with Crippen molar-refractivity contribution in [2.75, 3.05) is 13.1 Å². The lowest BCUT2D eigenvalue weighted by molar-refractivity contribution is -0.125. The molecule has 6 nitrogen and oxygen atoms in total. The summed E-state index contributed by atoms with van der Waals surface area (Å²) in [6.45, 7) is 4.21. The molecule has 0 heterocycles. The lowest BCUT2D eigenvalue weighted by Gasteiger charge is -2.19. The maximum atomic E-state index is 12.7. The predicted molar refractivity (Wildman–Crippen MR) is 114 cm³/mol. The highest BCUT2D eigenvalue weighted by atomic mass is 35.5. The monoisotopic (exact) mass is 415 g/mol. The van der Waals surface area contributed by atoms with Crippen molar-refractivity contribution >= 4 is 29.3 Å². The summed E-state index contributed by atoms with van der Waals surface area (Å²) in [7, 11) is 0. The zero-order valence-electron chi connectivity index (χ0n) is 16.6. The molecule has 0 radical (unpaired) electrons. The first-order chi connectivity index (χ1) is 13.9. The number of nitrogens with one attached hydrogen (secondary N) is 3. The van der Waals surface area contributed by atoms with Crippen LogP contribution in [0.15, 0.2) is 54.6 Å². The molecule has 2 aromatic carbocycles. The Balaban J connectivity index is 2.00. The van der Waals surface area contributed by atoms with E-state index in [9.17, 15) is 14.4 Å². The Morgan fingerprint density at radius 2 is 1.45 bits per heavy atom. The molecule has 1 unspecified atom stereocenters. The fraction of sp³-hybridized carbons (Fsp3) is 0.318. The Morgan fingerprint density at radius 1 is 0.862 bits per heavy atom. The van der Waals surface area contributed by atoms with Gasteiger partial charge in [-0.25, -0.2) is 0 Å². The van der Waals surface area contributed by atoms with Gasteiger partial charge < -0.3 is 16.0 Å². The number of carbonyl (C=O) groups is 3. The molecule has 3 N–H and O–H groups in total. The molecule has 3 amide bonds. The Bertz CT molecular complexity index is 823. The molecule has 154 valence electrons. The lowest BCUT2D eigenvalue weighted by Crippen LogP contribution is -2.49. The summed E-state index contributed by atoms with van der Waals surface area (Å²) in [5.74, 6) is -0.854. The van der Waals surface area contributed by atoms with Crippen molar-refractivity contribution in [3.05, 3.63) is 70.7 Å². The minimum atomic E-state index is -0.749. The van der Waals surface area contributed by atoms with Gasteiger partial charge in [0.2, 0.25) is 11.8 Å². The van der Waals surface area contributed by atoms with Gasteiger partial charge in [0.05, 0.1) is 0 Å². The molecule has 0 saturated heterocycles. The number of hydrogen-bond donors (Lipinski definition) is 3. The third-order valence-electron chi connectivity index (χ3n) is 4.26. The number of carbonyl (C=O) groups excluding carboxylic acids is 3. The average molecular weight is 416 g/mol. The lowest BCUT2D eigenvalue weighted by atomic mass is 10.0. The van der Waals surface area contributed by atoms with Gasteiger partial charge in [0.25, 0.3) is 5.91 Å². The highest BCUT2D eigenvalue weighted by Crippen LogP contribution is 2.10. The van der Waals surface area contributed by atoms with Gasteiger partial charge in [0.1, 0.15) is 6.04 Å². The summed E-state index contributed by atoms with van der Waals surface area (Å²) in [6.07, 6.45) is 0.352. The van der Waals surface area contributed by atoms with Gasteiger partial charge in [-0.3, -0.25) is 14.4 Å². The van der Waals surface area contributed by atoms with Crippen molar-refractivity contribution < 1.29 is 14.4 Å². The molecule has 7 heteroatoms. The fourth-order valence-electron chi connectivity index (χ4n) is 2.60. The molecule has 0 bridgehead atoms. The van der Waals surface area contributed by atoms with Gasteiger partial charge in [-0.2, -0.15) is 0 Å². The fourth-order valence-corrected chi connectivity index (χ4v) is 2.73. The van der Waals surface area contributed by atoms with Crippen LogP contribution in [0.3, 0.4) is 0 Å². The summed E-state index contributed by atoms with van der Waals surface area (Å²) in [5, 5.41) is 8.84. The van der Waals surface area contributed by atoms with Crippen LogP contribution in [0.4, 0.5) is 0 Å². The van der Waals surface area contributed by atoms with Crippen LogP contribution in [0, 0.1) is 5.92 Å². The molecule has 2 rings (SSSR count). The number of hydrogen-bond acceptors (Lipinski definition) is 3. The van der Waals surface area contributed by atoms with E-state index in [2.05, 4.69) is 16.0 Å². The second-order valence-electron chi connectivity index (χ2n) is 6.96. The van der Waals surface area contributed by atoms with E-state index in [1.54, 1.807) is 38.1 Å². The first-order valence-corrected chi connectivity index (χ1v) is 9.90. The summed E-state index contributed by atoms with van der Waals surface area (Å²) < 4.78 is 0. The molecule has 0 fully saturated rings. The van der Waals surface area contributed by atoms with Crippen molar-refractivity contribution in [2.24, 2.45) is 5.92 Å². The maximum absolute atomic E-state index is 12.7. The summed E-state index contributed by atoms with van der Waals surface area (Å²) in [4.78, 5) is 36.9. The van der Waals surface area contributed by atoms with Gasteiger partial charge in [-0.05, 0) is 29.8 Å². The second kappa shape index (κ2) is 11.2. The Morgan fingerprint density at radius 3 is 2.03 bits per heavy atom. The Hall–Kier alpha value is -2.86. The molecule has 0 saturated carbocycles. The smallest absolute Gasteiger partial charge is 0.251 e. The standard InChI is InChI=1S/C22H26ClN3O3/c1-15(2)20(27)24-12-13-25-22(29)19(14-16-6-4-3-5-7-16)26-21(28)17-8-10-18(23)11-9-17/h3-11,15,19H,12-14H2,1-2H3,(H,24,27)(H,25,29)(H,26,28). The summed E-state index contributed by atoms with van der Waals surface area (Å²) in [6, 6.07) is 15.2. The van der Waals surface area contributed by atoms with Crippen LogP contribution < -0.4 is 16.0 Å². The van der Waals surface area contributed by atoms with Crippen LogP contribution in [-0.2, 0) is 16.0 Å². The van der Waals surface area contributed by atoms with Crippen molar-refractivity contribution in [3.63, 3.8) is 0 Å². The highest BCUT2D eigenvalue weighted by molar-refractivity contribution is 6.30. The van der Waals surface area contributed by atoms with E-state index in [0.717, 1.165) is 5.56 Å². The van der Waals surface area contributed by atoms with Crippen molar-refractivity contribution in [3.8, 4) is 0 Å². The predicted octanol–water partition coefficient (Wildman–Crippen LogP) is 2.57. The van der Waals surface area contributed by atoms with Crippen molar-refractivity contribution in [1.82, 2.24) is 16.0 Å². The third kappa shape index (κ3) is 7.58. The minimum Gasteiger partial charge on any atom is -0.354 e. The van der Waals surface area contributed by atoms with Crippen LogP contribution in [0.2, 0.25) is 5.02 Å². The molecular formula is C22H26ClN3O3. The summed E-state index contributed by atoms with van der Waals surface area (Å²) >= 11 is 5.87. The number of amides is 3. The first-order valence-electron chi connectivity index (χ1n) is 9.52. The number of benzene rings is 2. The normalized spacial score (nSPS) is 11.6. The molecule has 0 aliphatic carbocycles. The zero-order chi connectivity index (χ0) is 21.2. The van der Waals surface area contributed by atoms with Gasteiger partial charge >= 0.3 is 0 Å². The first kappa shape index (κ1) is 22.4. The number of halogens is 1. The third-order valence-corrected chi connectivity index (χ3v) is 4.51. The minimum absolute atomic E-state index is 0.0730. The molecule has 0 aliphatic rings. The SMILES string of the molecule is CC(C)C(=O)NCCNC(=O)C(Cc1ccccc1)NC(=O)c1ccc(Cl)cc1. The van der Waals surface area contributed by atoms with E-state index in [4.69, 9.17) is 11.6 Å². The van der Waals surface area contributed by atoms with Crippen LogP contribution >= 0.6 is 11.6 Å². The average Bonchev–Trinajstić information content (AvgIpc) is 2.71. The quantitative estimate of drug-likeness (QED) is 0.550. The molecule has 0 spiro atoms. The summed E-state index contributed by atoms with van der Waals surface area (Å²) in [5.41, 5.74) is 1.35. The molecule has 29 heavy (non-hydrogen) atoms. The molecule has 0 aliphatic heterocycles. The van der Waals surface area contributed by atoms with Crippen LogP contribution in [0.25, 0.3) is 0 Å². The van der Waals surface area contributed by atoms with Gasteiger partial charge in [0, 0.05) is 36.0 Å². The maximum Gasteiger partial charge on any atom is 0.251 e. The van der Waals surface area contributed by atoms with E-state index in [1.165, 1.54) is 0 Å². The Labute approximate surface area is 176 Å². The van der Waals surface area contributed by atoms with E-state index >= 15 is 0 Å². The Kier molecular flexibility index (Phi) is 8.68. The molecule has 0 aromatic heterocycles. The largest absolute Gasteiger partial charge is 0.354 e. The molecule has 2 aromatic rings. The van der Waals surface area contributed by atoms with Crippen LogP contribution in [0.1, 0.15) is 29.8 Å². The molecule has 1 atom stereocenters. The van der Waals surface area contributed by atoms with E-state index in [1.807, 2.05) is 30.3 Å². The van der Waals surface area contributed by atoms with Crippen molar-refractivity contribution in [1.29, 1.82) is 0 Å².